The zero-order chi connectivity index (χ0) is 9.26. The molecule has 1 fully saturated rings. The lowest BCUT2D eigenvalue weighted by Crippen LogP contribution is -2.12. The summed E-state index contributed by atoms with van der Waals surface area (Å²) in [5, 5.41) is 7.48. The van der Waals surface area contributed by atoms with E-state index in [4.69, 9.17) is 4.52 Å². The first-order valence-electron chi connectivity index (χ1n) is 4.97. The molecule has 1 aliphatic heterocycles. The van der Waals surface area contributed by atoms with Crippen LogP contribution in [0.25, 0.3) is 0 Å². The number of rotatable bonds is 2. The molecule has 0 aromatic carbocycles. The Hall–Kier alpha value is -0.830. The summed E-state index contributed by atoms with van der Waals surface area (Å²) in [5.74, 6) is 1.42. The highest BCUT2D eigenvalue weighted by atomic mass is 16.5. The maximum absolute atomic E-state index is 5.25. The van der Waals surface area contributed by atoms with Crippen molar-refractivity contribution >= 4 is 0 Å². The SMILES string of the molecule is CC(C)c1cc([C@H]2CCCN2)no1. The van der Waals surface area contributed by atoms with E-state index in [9.17, 15) is 0 Å². The third-order valence-corrected chi connectivity index (χ3v) is 2.53. The molecule has 2 heterocycles. The Bertz CT molecular complexity index is 274. The molecule has 0 radical (unpaired) electrons. The molecule has 3 heteroatoms. The van der Waals surface area contributed by atoms with Crippen molar-refractivity contribution in [3.8, 4) is 0 Å². The van der Waals surface area contributed by atoms with E-state index in [1.165, 1.54) is 12.8 Å². The van der Waals surface area contributed by atoms with Gasteiger partial charge >= 0.3 is 0 Å². The van der Waals surface area contributed by atoms with Gasteiger partial charge in [-0.15, -0.1) is 0 Å². The van der Waals surface area contributed by atoms with Crippen LogP contribution in [0.3, 0.4) is 0 Å². The van der Waals surface area contributed by atoms with Gasteiger partial charge in [-0.05, 0) is 19.4 Å². The van der Waals surface area contributed by atoms with Gasteiger partial charge in [0, 0.05) is 12.0 Å². The van der Waals surface area contributed by atoms with E-state index in [1.807, 2.05) is 0 Å². The van der Waals surface area contributed by atoms with Gasteiger partial charge in [-0.2, -0.15) is 0 Å². The summed E-state index contributed by atoms with van der Waals surface area (Å²) in [4.78, 5) is 0. The molecule has 1 aromatic rings. The van der Waals surface area contributed by atoms with Crippen LogP contribution in [0.15, 0.2) is 10.6 Å². The van der Waals surface area contributed by atoms with Crippen molar-refractivity contribution in [2.24, 2.45) is 0 Å². The number of nitrogens with one attached hydrogen (secondary N) is 1. The van der Waals surface area contributed by atoms with Crippen molar-refractivity contribution in [3.05, 3.63) is 17.5 Å². The second kappa shape index (κ2) is 3.50. The van der Waals surface area contributed by atoms with Gasteiger partial charge in [0.2, 0.25) is 0 Å². The van der Waals surface area contributed by atoms with Gasteiger partial charge in [-0.1, -0.05) is 19.0 Å². The topological polar surface area (TPSA) is 38.1 Å². The molecule has 13 heavy (non-hydrogen) atoms. The lowest BCUT2D eigenvalue weighted by atomic mass is 10.1. The normalized spacial score (nSPS) is 22.8. The molecule has 72 valence electrons. The molecule has 0 aliphatic carbocycles. The van der Waals surface area contributed by atoms with E-state index >= 15 is 0 Å². The molecule has 1 aliphatic rings. The Morgan fingerprint density at radius 1 is 1.62 bits per heavy atom. The predicted octanol–water partition coefficient (Wildman–Crippen LogP) is 2.22. The van der Waals surface area contributed by atoms with Crippen LogP contribution in [-0.4, -0.2) is 11.7 Å². The fourth-order valence-corrected chi connectivity index (χ4v) is 1.68. The van der Waals surface area contributed by atoms with Crippen molar-refractivity contribution in [2.75, 3.05) is 6.54 Å². The summed E-state index contributed by atoms with van der Waals surface area (Å²) in [6, 6.07) is 2.50. The van der Waals surface area contributed by atoms with Crippen LogP contribution in [0.2, 0.25) is 0 Å². The lowest BCUT2D eigenvalue weighted by Gasteiger charge is -2.03. The van der Waals surface area contributed by atoms with Crippen LogP contribution in [0.1, 0.15) is 50.1 Å². The molecule has 1 saturated heterocycles. The summed E-state index contributed by atoms with van der Waals surface area (Å²) in [6.45, 7) is 5.34. The monoisotopic (exact) mass is 180 g/mol. The Morgan fingerprint density at radius 3 is 3.00 bits per heavy atom. The highest BCUT2D eigenvalue weighted by molar-refractivity contribution is 5.13. The first-order valence-corrected chi connectivity index (χ1v) is 4.97. The van der Waals surface area contributed by atoms with E-state index in [2.05, 4.69) is 30.4 Å². The molecule has 0 saturated carbocycles. The number of nitrogens with zero attached hydrogens (tertiary/aromatic N) is 1. The van der Waals surface area contributed by atoms with Crippen molar-refractivity contribution in [1.29, 1.82) is 0 Å². The van der Waals surface area contributed by atoms with Gasteiger partial charge in [-0.25, -0.2) is 0 Å². The zero-order valence-corrected chi connectivity index (χ0v) is 8.21. The zero-order valence-electron chi connectivity index (χ0n) is 8.21. The molecule has 0 unspecified atom stereocenters. The second-order valence-electron chi connectivity index (χ2n) is 3.96. The quantitative estimate of drug-likeness (QED) is 0.758. The molecular weight excluding hydrogens is 164 g/mol. The van der Waals surface area contributed by atoms with Crippen LogP contribution >= 0.6 is 0 Å². The molecule has 1 atom stereocenters. The van der Waals surface area contributed by atoms with Crippen LogP contribution in [0.5, 0.6) is 0 Å². The van der Waals surface area contributed by atoms with Crippen molar-refractivity contribution in [1.82, 2.24) is 10.5 Å². The van der Waals surface area contributed by atoms with E-state index in [1.54, 1.807) is 0 Å². The predicted molar refractivity (Wildman–Crippen MR) is 50.6 cm³/mol. The summed E-state index contributed by atoms with van der Waals surface area (Å²) in [6.07, 6.45) is 2.43. The van der Waals surface area contributed by atoms with Gasteiger partial charge in [0.25, 0.3) is 0 Å². The van der Waals surface area contributed by atoms with Crippen LogP contribution in [-0.2, 0) is 0 Å². The molecular formula is C10H16N2O. The van der Waals surface area contributed by atoms with Crippen LogP contribution in [0, 0.1) is 0 Å². The number of hydrogen-bond donors (Lipinski definition) is 1. The van der Waals surface area contributed by atoms with Crippen molar-refractivity contribution < 1.29 is 4.52 Å². The molecule has 0 bridgehead atoms. The average Bonchev–Trinajstić information content (AvgIpc) is 2.75. The molecule has 1 N–H and O–H groups in total. The maximum Gasteiger partial charge on any atom is 0.139 e. The van der Waals surface area contributed by atoms with Crippen molar-refractivity contribution in [3.63, 3.8) is 0 Å². The van der Waals surface area contributed by atoms with Gasteiger partial charge in [0.05, 0.1) is 6.04 Å². The van der Waals surface area contributed by atoms with E-state index in [0.717, 1.165) is 18.0 Å². The van der Waals surface area contributed by atoms with Gasteiger partial charge in [0.1, 0.15) is 11.5 Å². The minimum absolute atomic E-state index is 0.427. The third kappa shape index (κ3) is 1.75. The molecule has 0 spiro atoms. The minimum Gasteiger partial charge on any atom is -0.361 e. The molecule has 0 amide bonds. The first kappa shape index (κ1) is 8.75. The van der Waals surface area contributed by atoms with Gasteiger partial charge < -0.3 is 9.84 Å². The number of aromatic nitrogens is 1. The smallest absolute Gasteiger partial charge is 0.139 e. The Labute approximate surface area is 78.5 Å². The first-order chi connectivity index (χ1) is 6.27. The van der Waals surface area contributed by atoms with Crippen LogP contribution in [0.4, 0.5) is 0 Å². The molecule has 2 rings (SSSR count). The Balaban J connectivity index is 2.12. The lowest BCUT2D eigenvalue weighted by molar-refractivity contribution is 0.360. The fourth-order valence-electron chi connectivity index (χ4n) is 1.68. The average molecular weight is 180 g/mol. The highest BCUT2D eigenvalue weighted by Crippen LogP contribution is 2.24. The molecule has 1 aromatic heterocycles. The summed E-state index contributed by atoms with van der Waals surface area (Å²) < 4.78 is 5.25. The molecule has 3 nitrogen and oxygen atoms in total. The minimum atomic E-state index is 0.427. The summed E-state index contributed by atoms with van der Waals surface area (Å²) in [7, 11) is 0. The van der Waals surface area contributed by atoms with E-state index < -0.39 is 0 Å². The van der Waals surface area contributed by atoms with E-state index in [-0.39, 0.29) is 0 Å². The number of hydrogen-bond acceptors (Lipinski definition) is 3. The summed E-state index contributed by atoms with van der Waals surface area (Å²) >= 11 is 0. The fraction of sp³-hybridized carbons (Fsp3) is 0.700. The highest BCUT2D eigenvalue weighted by Gasteiger charge is 2.20. The standard InChI is InChI=1S/C10H16N2O/c1-7(2)10-6-9(12-13-10)8-4-3-5-11-8/h6-8,11H,3-5H2,1-2H3/t8-/m1/s1. The summed E-state index contributed by atoms with van der Waals surface area (Å²) in [5.41, 5.74) is 1.07. The Morgan fingerprint density at radius 2 is 2.46 bits per heavy atom. The van der Waals surface area contributed by atoms with E-state index in [0.29, 0.717) is 12.0 Å². The maximum atomic E-state index is 5.25. The van der Waals surface area contributed by atoms with Crippen LogP contribution < -0.4 is 5.32 Å². The Kier molecular flexibility index (Phi) is 2.36. The van der Waals surface area contributed by atoms with Gasteiger partial charge in [0.15, 0.2) is 0 Å². The largest absolute Gasteiger partial charge is 0.361 e. The second-order valence-corrected chi connectivity index (χ2v) is 3.96. The third-order valence-electron chi connectivity index (χ3n) is 2.53. The van der Waals surface area contributed by atoms with Gasteiger partial charge in [-0.3, -0.25) is 0 Å². The van der Waals surface area contributed by atoms with Crippen molar-refractivity contribution in [2.45, 2.75) is 38.6 Å².